The van der Waals surface area contributed by atoms with Crippen LogP contribution in [0.5, 0.6) is 0 Å². The lowest BCUT2D eigenvalue weighted by atomic mass is 10.1. The van der Waals surface area contributed by atoms with Crippen LogP contribution in [0.4, 0.5) is 0 Å². The number of halogens is 2. The fourth-order valence-corrected chi connectivity index (χ4v) is 4.04. The average Bonchev–Trinajstić information content (AvgIpc) is 3.11. The van der Waals surface area contributed by atoms with Gasteiger partial charge in [-0.2, -0.15) is 0 Å². The van der Waals surface area contributed by atoms with Gasteiger partial charge in [-0.3, -0.25) is 4.79 Å². The van der Waals surface area contributed by atoms with Gasteiger partial charge in [0.2, 0.25) is 0 Å². The van der Waals surface area contributed by atoms with E-state index in [4.69, 9.17) is 28.2 Å². The molecule has 3 aromatic carbocycles. The monoisotopic (exact) mass is 451 g/mol. The predicted octanol–water partition coefficient (Wildman–Crippen LogP) is 6.06. The molecule has 6 heteroatoms. The highest BCUT2D eigenvalue weighted by atomic mass is 35.5. The Morgan fingerprint density at radius 1 is 1.03 bits per heavy atom. The number of nitrogens with one attached hydrogen (secondary N) is 1. The molecule has 0 saturated carbocycles. The van der Waals surface area contributed by atoms with Crippen molar-refractivity contribution >= 4 is 40.1 Å². The summed E-state index contributed by atoms with van der Waals surface area (Å²) in [7, 11) is 0. The van der Waals surface area contributed by atoms with Crippen LogP contribution < -0.4 is 5.32 Å². The summed E-state index contributed by atoms with van der Waals surface area (Å²) >= 11 is 12.5. The van der Waals surface area contributed by atoms with E-state index in [0.29, 0.717) is 28.7 Å². The smallest absolute Gasteiger partial charge is 0.251 e. The molecular weight excluding hydrogens is 429 g/mol. The van der Waals surface area contributed by atoms with Crippen molar-refractivity contribution in [1.82, 2.24) is 14.9 Å². The number of imidazole rings is 1. The molecule has 158 valence electrons. The number of nitrogens with zero attached hydrogens (tertiary/aromatic N) is 2. The van der Waals surface area contributed by atoms with Gasteiger partial charge in [-0.05, 0) is 55.3 Å². The average molecular weight is 452 g/mol. The van der Waals surface area contributed by atoms with Crippen molar-refractivity contribution in [2.24, 2.45) is 0 Å². The molecule has 0 fully saturated rings. The van der Waals surface area contributed by atoms with Crippen molar-refractivity contribution in [3.05, 3.63) is 99.3 Å². The largest absolute Gasteiger partial charge is 0.352 e. The van der Waals surface area contributed by atoms with Crippen LogP contribution in [-0.4, -0.2) is 22.0 Å². The Morgan fingerprint density at radius 2 is 1.81 bits per heavy atom. The summed E-state index contributed by atoms with van der Waals surface area (Å²) in [4.78, 5) is 17.1. The zero-order valence-corrected chi connectivity index (χ0v) is 18.7. The number of hydrogen-bond acceptors (Lipinski definition) is 2. The summed E-state index contributed by atoms with van der Waals surface area (Å²) in [6.07, 6.45) is 1.53. The highest BCUT2D eigenvalue weighted by molar-refractivity contribution is 6.35. The van der Waals surface area contributed by atoms with E-state index in [9.17, 15) is 4.79 Å². The van der Waals surface area contributed by atoms with Crippen molar-refractivity contribution < 1.29 is 4.79 Å². The zero-order valence-electron chi connectivity index (χ0n) is 17.2. The Labute approximate surface area is 191 Å². The van der Waals surface area contributed by atoms with Gasteiger partial charge in [0.1, 0.15) is 5.82 Å². The van der Waals surface area contributed by atoms with Gasteiger partial charge in [-0.25, -0.2) is 4.98 Å². The molecule has 4 rings (SSSR count). The van der Waals surface area contributed by atoms with E-state index in [0.717, 1.165) is 40.8 Å². The van der Waals surface area contributed by atoms with E-state index < -0.39 is 0 Å². The molecule has 1 aromatic heterocycles. The van der Waals surface area contributed by atoms with Gasteiger partial charge in [0.25, 0.3) is 5.91 Å². The van der Waals surface area contributed by atoms with Gasteiger partial charge in [0.15, 0.2) is 0 Å². The Hall–Kier alpha value is -2.82. The van der Waals surface area contributed by atoms with Crippen molar-refractivity contribution in [3.63, 3.8) is 0 Å². The molecule has 1 heterocycles. The molecule has 4 aromatic rings. The highest BCUT2D eigenvalue weighted by Gasteiger charge is 2.13. The number of benzene rings is 3. The van der Waals surface area contributed by atoms with Gasteiger partial charge < -0.3 is 9.88 Å². The number of fused-ring (bicyclic) bond motifs is 1. The Kier molecular flexibility index (Phi) is 6.59. The second-order valence-corrected chi connectivity index (χ2v) is 8.41. The van der Waals surface area contributed by atoms with Crippen LogP contribution in [-0.2, 0) is 13.0 Å². The summed E-state index contributed by atoms with van der Waals surface area (Å²) in [5, 5.41) is 4.25. The molecule has 0 aliphatic rings. The van der Waals surface area contributed by atoms with Gasteiger partial charge in [0.05, 0.1) is 17.6 Å². The number of rotatable bonds is 7. The molecule has 0 unspecified atom stereocenters. The maximum absolute atomic E-state index is 12.3. The summed E-state index contributed by atoms with van der Waals surface area (Å²) in [5.41, 5.74) is 4.81. The van der Waals surface area contributed by atoms with Crippen molar-refractivity contribution in [2.45, 2.75) is 26.3 Å². The lowest BCUT2D eigenvalue weighted by Gasteiger charge is -2.11. The summed E-state index contributed by atoms with van der Waals surface area (Å²) < 4.78 is 2.19. The summed E-state index contributed by atoms with van der Waals surface area (Å²) in [5.74, 6) is 0.915. The molecule has 0 spiro atoms. The Morgan fingerprint density at radius 3 is 2.58 bits per heavy atom. The Bertz CT molecular complexity index is 1220. The zero-order chi connectivity index (χ0) is 21.8. The number of aromatic nitrogens is 2. The lowest BCUT2D eigenvalue weighted by molar-refractivity contribution is 0.0953. The van der Waals surface area contributed by atoms with E-state index in [1.54, 1.807) is 6.07 Å². The first-order valence-corrected chi connectivity index (χ1v) is 11.0. The predicted molar refractivity (Wildman–Crippen MR) is 127 cm³/mol. The van der Waals surface area contributed by atoms with Crippen LogP contribution in [0, 0.1) is 6.92 Å². The van der Waals surface area contributed by atoms with Crippen molar-refractivity contribution in [3.8, 4) is 0 Å². The maximum atomic E-state index is 12.3. The summed E-state index contributed by atoms with van der Waals surface area (Å²) in [6.45, 7) is 3.20. The highest BCUT2D eigenvalue weighted by Crippen LogP contribution is 2.25. The minimum absolute atomic E-state index is 0.0542. The minimum Gasteiger partial charge on any atom is -0.352 e. The molecule has 0 radical (unpaired) electrons. The molecular formula is C25H23Cl2N3O. The molecule has 0 atom stereocenters. The van der Waals surface area contributed by atoms with Crippen LogP contribution in [0.3, 0.4) is 0 Å². The van der Waals surface area contributed by atoms with Crippen LogP contribution in [0.2, 0.25) is 10.0 Å². The van der Waals surface area contributed by atoms with Gasteiger partial charge in [0, 0.05) is 28.6 Å². The molecule has 0 saturated heterocycles. The third kappa shape index (κ3) is 5.09. The molecule has 1 amide bonds. The molecule has 0 aliphatic carbocycles. The standard InChI is InChI=1S/C25H23Cl2N3O/c1-17-8-10-18(11-9-17)25(31)28-14-4-7-24-29-22-5-2-3-6-23(22)30(24)16-19-12-13-20(26)15-21(19)27/h2-3,5-6,8-13,15H,4,7,14,16H2,1H3,(H,28,31). The van der Waals surface area contributed by atoms with E-state index in [1.165, 1.54) is 0 Å². The van der Waals surface area contributed by atoms with Crippen LogP contribution in [0.15, 0.2) is 66.7 Å². The molecule has 0 aliphatic heterocycles. The molecule has 31 heavy (non-hydrogen) atoms. The second-order valence-electron chi connectivity index (χ2n) is 7.56. The van der Waals surface area contributed by atoms with E-state index in [1.807, 2.05) is 61.5 Å². The summed E-state index contributed by atoms with van der Waals surface area (Å²) in [6, 6.07) is 21.2. The normalized spacial score (nSPS) is 11.1. The number of aryl methyl sites for hydroxylation is 2. The fourth-order valence-electron chi connectivity index (χ4n) is 3.57. The number of carbonyl (C=O) groups is 1. The van der Waals surface area contributed by atoms with Crippen LogP contribution >= 0.6 is 23.2 Å². The SMILES string of the molecule is Cc1ccc(C(=O)NCCCc2nc3ccccc3n2Cc2ccc(Cl)cc2Cl)cc1. The second kappa shape index (κ2) is 9.54. The minimum atomic E-state index is -0.0542. The van der Waals surface area contributed by atoms with Gasteiger partial charge >= 0.3 is 0 Å². The first-order chi connectivity index (χ1) is 15.0. The van der Waals surface area contributed by atoms with Crippen LogP contribution in [0.25, 0.3) is 11.0 Å². The fraction of sp³-hybridized carbons (Fsp3) is 0.200. The third-order valence-corrected chi connectivity index (χ3v) is 5.84. The lowest BCUT2D eigenvalue weighted by Crippen LogP contribution is -2.25. The van der Waals surface area contributed by atoms with E-state index in [-0.39, 0.29) is 5.91 Å². The topological polar surface area (TPSA) is 46.9 Å². The number of amides is 1. The van der Waals surface area contributed by atoms with E-state index >= 15 is 0 Å². The van der Waals surface area contributed by atoms with Gasteiger partial charge in [-0.1, -0.05) is 59.1 Å². The van der Waals surface area contributed by atoms with Crippen LogP contribution in [0.1, 0.15) is 33.7 Å². The first-order valence-electron chi connectivity index (χ1n) is 10.2. The van der Waals surface area contributed by atoms with Gasteiger partial charge in [-0.15, -0.1) is 0 Å². The third-order valence-electron chi connectivity index (χ3n) is 5.25. The number of para-hydroxylation sites is 2. The molecule has 4 nitrogen and oxygen atoms in total. The Balaban J connectivity index is 1.46. The molecule has 0 bridgehead atoms. The number of carbonyl (C=O) groups excluding carboxylic acids is 1. The quantitative estimate of drug-likeness (QED) is 0.347. The first kappa shape index (κ1) is 21.4. The van der Waals surface area contributed by atoms with Crippen molar-refractivity contribution in [1.29, 1.82) is 0 Å². The maximum Gasteiger partial charge on any atom is 0.251 e. The van der Waals surface area contributed by atoms with Crippen molar-refractivity contribution in [2.75, 3.05) is 6.54 Å². The molecule has 1 N–H and O–H groups in total. The number of hydrogen-bond donors (Lipinski definition) is 1. The van der Waals surface area contributed by atoms with E-state index in [2.05, 4.69) is 16.0 Å².